The minimum absolute atomic E-state index is 0.462. The molecule has 0 atom stereocenters. The molecular weight excluding hydrogens is 198 g/mol. The summed E-state index contributed by atoms with van der Waals surface area (Å²) in [6.07, 6.45) is 3.84. The molecule has 16 heavy (non-hydrogen) atoms. The lowest BCUT2D eigenvalue weighted by Gasteiger charge is -2.08. The van der Waals surface area contributed by atoms with E-state index in [0.717, 1.165) is 19.0 Å². The summed E-state index contributed by atoms with van der Waals surface area (Å²) in [4.78, 5) is 0. The van der Waals surface area contributed by atoms with Crippen LogP contribution < -0.4 is 5.32 Å². The Morgan fingerprint density at radius 1 is 1.38 bits per heavy atom. The van der Waals surface area contributed by atoms with Crippen molar-refractivity contribution in [2.45, 2.75) is 59.0 Å². The highest BCUT2D eigenvalue weighted by Gasteiger charge is 2.20. The van der Waals surface area contributed by atoms with E-state index >= 15 is 0 Å². The van der Waals surface area contributed by atoms with Gasteiger partial charge in [-0.1, -0.05) is 0 Å². The number of nitrogens with zero attached hydrogens (tertiary/aromatic N) is 2. The van der Waals surface area contributed by atoms with E-state index < -0.39 is 0 Å². The highest BCUT2D eigenvalue weighted by atomic mass is 15.3. The highest BCUT2D eigenvalue weighted by Crippen LogP contribution is 2.20. The Bertz CT molecular complexity index is 361. The molecule has 1 heterocycles. The molecular formula is C13H23N3. The van der Waals surface area contributed by atoms with Crippen molar-refractivity contribution in [2.75, 3.05) is 6.54 Å². The summed E-state index contributed by atoms with van der Waals surface area (Å²) in [6.45, 7) is 9.78. The molecule has 0 aliphatic heterocycles. The molecule has 1 fully saturated rings. The Morgan fingerprint density at radius 3 is 2.56 bits per heavy atom. The molecule has 2 rings (SSSR count). The van der Waals surface area contributed by atoms with Gasteiger partial charge >= 0.3 is 0 Å². The van der Waals surface area contributed by atoms with Gasteiger partial charge in [0.15, 0.2) is 0 Å². The summed E-state index contributed by atoms with van der Waals surface area (Å²) >= 11 is 0. The zero-order valence-electron chi connectivity index (χ0n) is 10.9. The van der Waals surface area contributed by atoms with Crippen LogP contribution in [0.15, 0.2) is 0 Å². The van der Waals surface area contributed by atoms with Crippen molar-refractivity contribution in [1.82, 2.24) is 15.1 Å². The standard InChI is InChI=1S/C13H23N3/c1-9(2)16-11(4)13(10(3)15-16)7-8-14-12-5-6-12/h9,12,14H,5-8H2,1-4H3. The third kappa shape index (κ3) is 2.46. The van der Waals surface area contributed by atoms with Gasteiger partial charge in [-0.25, -0.2) is 0 Å². The predicted octanol–water partition coefficient (Wildman–Crippen LogP) is 2.38. The van der Waals surface area contributed by atoms with Crippen LogP contribution in [0.3, 0.4) is 0 Å². The normalized spacial score (nSPS) is 16.1. The van der Waals surface area contributed by atoms with E-state index in [1.54, 1.807) is 0 Å². The molecule has 1 aromatic rings. The van der Waals surface area contributed by atoms with Gasteiger partial charge in [0, 0.05) is 17.8 Å². The van der Waals surface area contributed by atoms with Crippen molar-refractivity contribution < 1.29 is 0 Å². The zero-order valence-corrected chi connectivity index (χ0v) is 10.9. The maximum Gasteiger partial charge on any atom is 0.0629 e. The minimum atomic E-state index is 0.462. The van der Waals surface area contributed by atoms with E-state index in [1.807, 2.05) is 0 Å². The van der Waals surface area contributed by atoms with E-state index in [4.69, 9.17) is 0 Å². The van der Waals surface area contributed by atoms with Crippen LogP contribution >= 0.6 is 0 Å². The zero-order chi connectivity index (χ0) is 11.7. The maximum absolute atomic E-state index is 4.61. The van der Waals surface area contributed by atoms with Gasteiger partial charge in [0.25, 0.3) is 0 Å². The maximum atomic E-state index is 4.61. The first-order valence-electron chi connectivity index (χ1n) is 6.37. The molecule has 1 saturated carbocycles. The van der Waals surface area contributed by atoms with Crippen molar-refractivity contribution in [3.05, 3.63) is 17.0 Å². The molecule has 1 aliphatic carbocycles. The van der Waals surface area contributed by atoms with E-state index in [0.29, 0.717) is 6.04 Å². The number of nitrogens with one attached hydrogen (secondary N) is 1. The van der Waals surface area contributed by atoms with Crippen molar-refractivity contribution >= 4 is 0 Å². The third-order valence-corrected chi connectivity index (χ3v) is 3.35. The fourth-order valence-corrected chi connectivity index (χ4v) is 2.25. The monoisotopic (exact) mass is 221 g/mol. The summed E-state index contributed by atoms with van der Waals surface area (Å²) in [7, 11) is 0. The topological polar surface area (TPSA) is 29.9 Å². The first-order chi connectivity index (χ1) is 7.59. The second-order valence-corrected chi connectivity index (χ2v) is 5.17. The Kier molecular flexibility index (Phi) is 3.33. The summed E-state index contributed by atoms with van der Waals surface area (Å²) < 4.78 is 2.14. The van der Waals surface area contributed by atoms with Crippen LogP contribution in [0.4, 0.5) is 0 Å². The highest BCUT2D eigenvalue weighted by molar-refractivity contribution is 5.25. The van der Waals surface area contributed by atoms with Gasteiger partial charge in [0.1, 0.15) is 0 Å². The van der Waals surface area contributed by atoms with Crippen molar-refractivity contribution in [3.63, 3.8) is 0 Å². The summed E-state index contributed by atoms with van der Waals surface area (Å²) in [5, 5.41) is 8.17. The molecule has 3 nitrogen and oxygen atoms in total. The fraction of sp³-hybridized carbons (Fsp3) is 0.769. The van der Waals surface area contributed by atoms with Crippen molar-refractivity contribution in [3.8, 4) is 0 Å². The molecule has 0 radical (unpaired) electrons. The molecule has 0 bridgehead atoms. The van der Waals surface area contributed by atoms with Gasteiger partial charge in [0.2, 0.25) is 0 Å². The molecule has 1 N–H and O–H groups in total. The molecule has 3 heteroatoms. The third-order valence-electron chi connectivity index (χ3n) is 3.35. The van der Waals surface area contributed by atoms with Crippen LogP contribution in [0.5, 0.6) is 0 Å². The summed E-state index contributed by atoms with van der Waals surface area (Å²) in [6, 6.07) is 1.27. The van der Waals surface area contributed by atoms with Gasteiger partial charge in [-0.05, 0) is 59.1 Å². The van der Waals surface area contributed by atoms with Crippen LogP contribution in [0.25, 0.3) is 0 Å². The summed E-state index contributed by atoms with van der Waals surface area (Å²) in [5.74, 6) is 0. The SMILES string of the molecule is Cc1nn(C(C)C)c(C)c1CCNC1CC1. The van der Waals surface area contributed by atoms with E-state index in [-0.39, 0.29) is 0 Å². The van der Waals surface area contributed by atoms with Crippen LogP contribution in [-0.4, -0.2) is 22.4 Å². The lowest BCUT2D eigenvalue weighted by molar-refractivity contribution is 0.515. The number of rotatable bonds is 5. The van der Waals surface area contributed by atoms with Crippen LogP contribution in [0.2, 0.25) is 0 Å². The molecule has 0 saturated heterocycles. The first-order valence-corrected chi connectivity index (χ1v) is 6.37. The molecule has 1 aromatic heterocycles. The van der Waals surface area contributed by atoms with Crippen LogP contribution in [0, 0.1) is 13.8 Å². The quantitative estimate of drug-likeness (QED) is 0.827. The molecule has 1 aliphatic rings. The Labute approximate surface area is 98.2 Å². The van der Waals surface area contributed by atoms with E-state index in [2.05, 4.69) is 42.8 Å². The van der Waals surface area contributed by atoms with E-state index in [9.17, 15) is 0 Å². The fourth-order valence-electron chi connectivity index (χ4n) is 2.25. The second-order valence-electron chi connectivity index (χ2n) is 5.17. The van der Waals surface area contributed by atoms with Gasteiger partial charge in [0.05, 0.1) is 5.69 Å². The second kappa shape index (κ2) is 4.58. The van der Waals surface area contributed by atoms with E-state index in [1.165, 1.54) is 29.8 Å². The average molecular weight is 221 g/mol. The number of hydrogen-bond acceptors (Lipinski definition) is 2. The molecule has 0 unspecified atom stereocenters. The predicted molar refractivity (Wildman–Crippen MR) is 66.8 cm³/mol. The molecule has 0 spiro atoms. The van der Waals surface area contributed by atoms with Crippen molar-refractivity contribution in [1.29, 1.82) is 0 Å². The van der Waals surface area contributed by atoms with Gasteiger partial charge in [-0.3, -0.25) is 4.68 Å². The van der Waals surface area contributed by atoms with Gasteiger partial charge in [-0.15, -0.1) is 0 Å². The number of aromatic nitrogens is 2. The smallest absolute Gasteiger partial charge is 0.0629 e. The average Bonchev–Trinajstić information content (AvgIpc) is 2.98. The largest absolute Gasteiger partial charge is 0.314 e. The van der Waals surface area contributed by atoms with Gasteiger partial charge < -0.3 is 5.32 Å². The Hall–Kier alpha value is -0.830. The van der Waals surface area contributed by atoms with Crippen LogP contribution in [0.1, 0.15) is 49.7 Å². The minimum Gasteiger partial charge on any atom is -0.314 e. The van der Waals surface area contributed by atoms with Gasteiger partial charge in [-0.2, -0.15) is 5.10 Å². The van der Waals surface area contributed by atoms with Crippen LogP contribution in [-0.2, 0) is 6.42 Å². The lowest BCUT2D eigenvalue weighted by Crippen LogP contribution is -2.19. The lowest BCUT2D eigenvalue weighted by atomic mass is 10.1. The molecule has 90 valence electrons. The first kappa shape index (κ1) is 11.6. The van der Waals surface area contributed by atoms with Crippen molar-refractivity contribution in [2.24, 2.45) is 0 Å². The Morgan fingerprint density at radius 2 is 2.06 bits per heavy atom. The Balaban J connectivity index is 2.00. The summed E-state index contributed by atoms with van der Waals surface area (Å²) in [5.41, 5.74) is 3.97. The number of hydrogen-bond donors (Lipinski definition) is 1. The number of aryl methyl sites for hydroxylation is 1. The molecule has 0 amide bonds. The molecule has 0 aromatic carbocycles.